The summed E-state index contributed by atoms with van der Waals surface area (Å²) >= 11 is 7.43. The molecule has 11 heteroatoms. The third-order valence-electron chi connectivity index (χ3n) is 6.51. The number of nitrogens with one attached hydrogen (secondary N) is 1. The first-order valence-corrected chi connectivity index (χ1v) is 14.0. The number of nitrogens with zero attached hydrogens (tertiary/aromatic N) is 4. The van der Waals surface area contributed by atoms with Gasteiger partial charge in [-0.05, 0) is 30.7 Å². The summed E-state index contributed by atoms with van der Waals surface area (Å²) in [5.41, 5.74) is 3.35. The van der Waals surface area contributed by atoms with Gasteiger partial charge in [0.25, 0.3) is 5.91 Å². The van der Waals surface area contributed by atoms with Crippen molar-refractivity contribution in [2.75, 3.05) is 63.2 Å². The molecule has 3 amide bonds. The van der Waals surface area contributed by atoms with Crippen LogP contribution in [-0.2, 0) is 20.7 Å². The van der Waals surface area contributed by atoms with Gasteiger partial charge in [0.15, 0.2) is 5.13 Å². The molecule has 1 aliphatic heterocycles. The maximum atomic E-state index is 13.0. The van der Waals surface area contributed by atoms with Crippen molar-refractivity contribution in [2.45, 2.75) is 13.3 Å². The molecule has 2 aromatic carbocycles. The Kier molecular flexibility index (Phi) is 9.91. The molecule has 4 rings (SSSR count). The Hall–Kier alpha value is -3.47. The number of thiazole rings is 1. The van der Waals surface area contributed by atoms with Gasteiger partial charge >= 0.3 is 0 Å². The molecule has 0 atom stereocenters. The van der Waals surface area contributed by atoms with Crippen LogP contribution < -0.4 is 10.2 Å². The van der Waals surface area contributed by atoms with Crippen molar-refractivity contribution in [3.8, 4) is 0 Å². The summed E-state index contributed by atoms with van der Waals surface area (Å²) in [5, 5.41) is 5.21. The first-order valence-electron chi connectivity index (χ1n) is 12.7. The lowest BCUT2D eigenvalue weighted by atomic mass is 10.1. The number of methoxy groups -OCH3 is 1. The standard InChI is InChI=1S/C28H32ClN5O4S/c1-20-7-3-6-10-24(20)32-11-13-33(14-12-32)26(36)17-21-19-39-28(30-21)31-25(35)18-34(15-16-38-2)27(37)22-8-4-5-9-23(22)29/h3-10,19H,11-18H2,1-2H3,(H,30,31,35). The van der Waals surface area contributed by atoms with Crippen LogP contribution in [0.5, 0.6) is 0 Å². The van der Waals surface area contributed by atoms with Crippen LogP contribution in [0.3, 0.4) is 0 Å². The van der Waals surface area contributed by atoms with Crippen LogP contribution in [0.4, 0.5) is 10.8 Å². The number of carbonyl (C=O) groups excluding carboxylic acids is 3. The second-order valence-electron chi connectivity index (χ2n) is 9.22. The SMILES string of the molecule is COCCN(CC(=O)Nc1nc(CC(=O)N2CCN(c3ccccc3C)CC2)cs1)C(=O)c1ccccc1Cl. The van der Waals surface area contributed by atoms with Gasteiger partial charge in [0.1, 0.15) is 6.54 Å². The summed E-state index contributed by atoms with van der Waals surface area (Å²) < 4.78 is 5.10. The average molecular weight is 570 g/mol. The number of benzene rings is 2. The van der Waals surface area contributed by atoms with Crippen molar-refractivity contribution >= 4 is 51.5 Å². The molecule has 1 N–H and O–H groups in total. The third-order valence-corrected chi connectivity index (χ3v) is 7.65. The highest BCUT2D eigenvalue weighted by atomic mass is 35.5. The Morgan fingerprint density at radius 2 is 1.79 bits per heavy atom. The van der Waals surface area contributed by atoms with Gasteiger partial charge in [-0.1, -0.05) is 41.9 Å². The van der Waals surface area contributed by atoms with Gasteiger partial charge in [0, 0.05) is 50.9 Å². The smallest absolute Gasteiger partial charge is 0.255 e. The number of ether oxygens (including phenoxy) is 1. The van der Waals surface area contributed by atoms with E-state index in [1.165, 1.54) is 34.6 Å². The lowest BCUT2D eigenvalue weighted by Gasteiger charge is -2.36. The van der Waals surface area contributed by atoms with Crippen LogP contribution in [0.15, 0.2) is 53.9 Å². The topological polar surface area (TPSA) is 95.1 Å². The van der Waals surface area contributed by atoms with Crippen molar-refractivity contribution < 1.29 is 19.1 Å². The van der Waals surface area contributed by atoms with Gasteiger partial charge in [-0.25, -0.2) is 4.98 Å². The molecule has 0 unspecified atom stereocenters. The fourth-order valence-electron chi connectivity index (χ4n) is 4.42. The minimum Gasteiger partial charge on any atom is -0.383 e. The van der Waals surface area contributed by atoms with E-state index in [4.69, 9.17) is 16.3 Å². The van der Waals surface area contributed by atoms with Crippen molar-refractivity contribution in [1.82, 2.24) is 14.8 Å². The van der Waals surface area contributed by atoms with Crippen molar-refractivity contribution in [2.24, 2.45) is 0 Å². The Balaban J connectivity index is 1.29. The Labute approximate surface area is 237 Å². The molecule has 0 aliphatic carbocycles. The first kappa shape index (κ1) is 28.5. The van der Waals surface area contributed by atoms with Crippen LogP contribution >= 0.6 is 22.9 Å². The van der Waals surface area contributed by atoms with E-state index in [9.17, 15) is 14.4 Å². The molecule has 2 heterocycles. The zero-order valence-corrected chi connectivity index (χ0v) is 23.6. The molecule has 1 fully saturated rings. The van der Waals surface area contributed by atoms with E-state index in [1.807, 2.05) is 17.0 Å². The summed E-state index contributed by atoms with van der Waals surface area (Å²) in [4.78, 5) is 48.7. The number of hydrogen-bond donors (Lipinski definition) is 1. The molecule has 0 saturated carbocycles. The minimum atomic E-state index is -0.397. The number of aryl methyl sites for hydroxylation is 1. The van der Waals surface area contributed by atoms with E-state index >= 15 is 0 Å². The van der Waals surface area contributed by atoms with E-state index in [-0.39, 0.29) is 37.9 Å². The van der Waals surface area contributed by atoms with E-state index < -0.39 is 5.91 Å². The maximum Gasteiger partial charge on any atom is 0.255 e. The minimum absolute atomic E-state index is 0.0127. The predicted molar refractivity (Wildman–Crippen MR) is 154 cm³/mol. The Morgan fingerprint density at radius 3 is 2.51 bits per heavy atom. The first-order chi connectivity index (χ1) is 18.9. The fraction of sp³-hybridized carbons (Fsp3) is 0.357. The number of rotatable bonds is 10. The summed E-state index contributed by atoms with van der Waals surface area (Å²) in [5.74, 6) is -0.745. The fourth-order valence-corrected chi connectivity index (χ4v) is 5.36. The zero-order valence-electron chi connectivity index (χ0n) is 22.1. The lowest BCUT2D eigenvalue weighted by molar-refractivity contribution is -0.130. The normalized spacial score (nSPS) is 13.3. The molecule has 206 valence electrons. The van der Waals surface area contributed by atoms with E-state index in [1.54, 1.807) is 29.6 Å². The second-order valence-corrected chi connectivity index (χ2v) is 10.5. The van der Waals surface area contributed by atoms with Crippen LogP contribution in [-0.4, -0.2) is 85.5 Å². The number of carbonyl (C=O) groups is 3. The summed E-state index contributed by atoms with van der Waals surface area (Å²) in [6.45, 7) is 5.26. The van der Waals surface area contributed by atoms with Gasteiger partial charge in [0.2, 0.25) is 11.8 Å². The molecule has 3 aromatic rings. The van der Waals surface area contributed by atoms with Gasteiger partial charge in [-0.2, -0.15) is 0 Å². The molecule has 1 aromatic heterocycles. The number of piperazine rings is 1. The highest BCUT2D eigenvalue weighted by Gasteiger charge is 2.24. The number of amides is 3. The van der Waals surface area contributed by atoms with Gasteiger partial charge in [-0.3, -0.25) is 14.4 Å². The van der Waals surface area contributed by atoms with Crippen molar-refractivity contribution in [3.05, 3.63) is 75.8 Å². The Bertz CT molecular complexity index is 1310. The van der Waals surface area contributed by atoms with E-state index in [0.29, 0.717) is 34.5 Å². The van der Waals surface area contributed by atoms with Crippen LogP contribution in [0.2, 0.25) is 5.02 Å². The largest absolute Gasteiger partial charge is 0.383 e. The van der Waals surface area contributed by atoms with Crippen LogP contribution in [0, 0.1) is 6.92 Å². The Morgan fingerprint density at radius 1 is 1.08 bits per heavy atom. The molecule has 1 aliphatic rings. The summed E-state index contributed by atoms with van der Waals surface area (Å²) in [6, 6.07) is 15.0. The average Bonchev–Trinajstić information content (AvgIpc) is 3.37. The highest BCUT2D eigenvalue weighted by molar-refractivity contribution is 7.13. The molecular formula is C28H32ClN5O4S. The molecule has 0 bridgehead atoms. The monoisotopic (exact) mass is 569 g/mol. The van der Waals surface area contributed by atoms with Gasteiger partial charge in [-0.15, -0.1) is 11.3 Å². The van der Waals surface area contributed by atoms with Crippen LogP contribution in [0.1, 0.15) is 21.6 Å². The molecule has 9 nitrogen and oxygen atoms in total. The maximum absolute atomic E-state index is 13.0. The zero-order chi connectivity index (χ0) is 27.8. The van der Waals surface area contributed by atoms with E-state index in [2.05, 4.69) is 34.3 Å². The highest BCUT2D eigenvalue weighted by Crippen LogP contribution is 2.22. The summed E-state index contributed by atoms with van der Waals surface area (Å²) in [6.07, 6.45) is 0.168. The number of anilines is 2. The molecule has 0 radical (unpaired) electrons. The van der Waals surface area contributed by atoms with Crippen molar-refractivity contribution in [1.29, 1.82) is 0 Å². The predicted octanol–water partition coefficient (Wildman–Crippen LogP) is 3.72. The number of aromatic nitrogens is 1. The second kappa shape index (κ2) is 13.5. The quantitative estimate of drug-likeness (QED) is 0.400. The van der Waals surface area contributed by atoms with Crippen molar-refractivity contribution in [3.63, 3.8) is 0 Å². The summed E-state index contributed by atoms with van der Waals surface area (Å²) in [7, 11) is 1.53. The third kappa shape index (κ3) is 7.56. The molecule has 1 saturated heterocycles. The molecule has 0 spiro atoms. The number of halogens is 1. The molecular weight excluding hydrogens is 538 g/mol. The lowest BCUT2D eigenvalue weighted by Crippen LogP contribution is -2.49. The molecule has 39 heavy (non-hydrogen) atoms. The number of para-hydroxylation sites is 1. The van der Waals surface area contributed by atoms with Gasteiger partial charge < -0.3 is 24.8 Å². The van der Waals surface area contributed by atoms with E-state index in [0.717, 1.165) is 13.1 Å². The number of hydrogen-bond acceptors (Lipinski definition) is 7. The van der Waals surface area contributed by atoms with Gasteiger partial charge in [0.05, 0.1) is 29.3 Å². The van der Waals surface area contributed by atoms with Crippen LogP contribution in [0.25, 0.3) is 0 Å².